The van der Waals surface area contributed by atoms with Gasteiger partial charge in [-0.15, -0.1) is 24.0 Å². The monoisotopic (exact) mass is 544 g/mol. The van der Waals surface area contributed by atoms with Crippen molar-refractivity contribution in [3.63, 3.8) is 0 Å². The average Bonchev–Trinajstić information content (AvgIpc) is 3.32. The average molecular weight is 544 g/mol. The smallest absolute Gasteiger partial charge is 0.191 e. The molecule has 2 aromatic carbocycles. The fourth-order valence-corrected chi connectivity index (χ4v) is 4.10. The van der Waals surface area contributed by atoms with Crippen molar-refractivity contribution in [1.29, 1.82) is 0 Å². The van der Waals surface area contributed by atoms with Crippen LogP contribution in [0.1, 0.15) is 29.5 Å². The first kappa shape index (κ1) is 24.3. The Kier molecular flexibility index (Phi) is 9.55. The number of halogens is 1. The minimum Gasteiger partial charge on any atom is -0.354 e. The van der Waals surface area contributed by atoms with Crippen LogP contribution < -0.4 is 10.6 Å². The van der Waals surface area contributed by atoms with Crippen molar-refractivity contribution in [2.45, 2.75) is 38.5 Å². The van der Waals surface area contributed by atoms with Crippen molar-refractivity contribution in [3.8, 4) is 0 Å². The summed E-state index contributed by atoms with van der Waals surface area (Å²) in [6.07, 6.45) is 6.07. The second-order valence-electron chi connectivity index (χ2n) is 8.08. The van der Waals surface area contributed by atoms with Crippen LogP contribution in [0, 0.1) is 0 Å². The normalized spacial score (nSPS) is 15.2. The van der Waals surface area contributed by atoms with Gasteiger partial charge in [-0.2, -0.15) is 5.10 Å². The summed E-state index contributed by atoms with van der Waals surface area (Å²) in [6, 6.07) is 21.6. The summed E-state index contributed by atoms with van der Waals surface area (Å²) in [5.74, 6) is 0.871. The highest BCUT2D eigenvalue weighted by Crippen LogP contribution is 2.14. The zero-order valence-electron chi connectivity index (χ0n) is 18.7. The van der Waals surface area contributed by atoms with Crippen LogP contribution >= 0.6 is 24.0 Å². The van der Waals surface area contributed by atoms with E-state index in [0.29, 0.717) is 6.04 Å². The Labute approximate surface area is 208 Å². The quantitative estimate of drug-likeness (QED) is 0.270. The molecule has 1 aliphatic rings. The minimum absolute atomic E-state index is 0. The maximum Gasteiger partial charge on any atom is 0.191 e. The molecule has 1 fully saturated rings. The van der Waals surface area contributed by atoms with Gasteiger partial charge in [0.15, 0.2) is 5.96 Å². The van der Waals surface area contributed by atoms with Crippen molar-refractivity contribution < 1.29 is 0 Å². The third-order valence-electron chi connectivity index (χ3n) is 5.86. The van der Waals surface area contributed by atoms with Crippen LogP contribution in [0.3, 0.4) is 0 Å². The molecule has 6 nitrogen and oxygen atoms in total. The van der Waals surface area contributed by atoms with Gasteiger partial charge in [-0.3, -0.25) is 14.6 Å². The minimum atomic E-state index is 0. The van der Waals surface area contributed by atoms with Crippen LogP contribution in [0.15, 0.2) is 78.0 Å². The van der Waals surface area contributed by atoms with E-state index in [4.69, 9.17) is 0 Å². The van der Waals surface area contributed by atoms with Gasteiger partial charge in [0.1, 0.15) is 0 Å². The summed E-state index contributed by atoms with van der Waals surface area (Å²) in [4.78, 5) is 6.99. The third-order valence-corrected chi connectivity index (χ3v) is 5.86. The van der Waals surface area contributed by atoms with E-state index in [2.05, 4.69) is 80.2 Å². The highest BCUT2D eigenvalue weighted by Gasteiger charge is 2.20. The van der Waals surface area contributed by atoms with Crippen LogP contribution in [0.2, 0.25) is 0 Å². The molecule has 0 aliphatic carbocycles. The Morgan fingerprint density at radius 1 is 0.969 bits per heavy atom. The number of nitrogens with one attached hydrogen (secondary N) is 2. The van der Waals surface area contributed by atoms with E-state index < -0.39 is 0 Å². The number of aromatic nitrogens is 2. The molecule has 0 atom stereocenters. The number of nitrogens with zero attached hydrogens (tertiary/aromatic N) is 4. The lowest BCUT2D eigenvalue weighted by Gasteiger charge is -2.33. The molecule has 2 N–H and O–H groups in total. The van der Waals surface area contributed by atoms with Crippen molar-refractivity contribution in [2.24, 2.45) is 4.99 Å². The summed E-state index contributed by atoms with van der Waals surface area (Å²) < 4.78 is 1.95. The zero-order valence-corrected chi connectivity index (χ0v) is 21.0. The molecule has 0 spiro atoms. The summed E-state index contributed by atoms with van der Waals surface area (Å²) >= 11 is 0. The largest absolute Gasteiger partial charge is 0.354 e. The predicted molar refractivity (Wildman–Crippen MR) is 141 cm³/mol. The molecule has 1 aliphatic heterocycles. The molecule has 1 saturated heterocycles. The van der Waals surface area contributed by atoms with E-state index in [1.165, 1.54) is 16.7 Å². The molecule has 7 heteroatoms. The highest BCUT2D eigenvalue weighted by molar-refractivity contribution is 14.0. The molecular weight excluding hydrogens is 511 g/mol. The van der Waals surface area contributed by atoms with Gasteiger partial charge in [0, 0.05) is 51.7 Å². The number of rotatable bonds is 7. The number of hydrogen-bond acceptors (Lipinski definition) is 3. The Balaban J connectivity index is 0.00000289. The van der Waals surface area contributed by atoms with Gasteiger partial charge in [0.2, 0.25) is 0 Å². The van der Waals surface area contributed by atoms with Gasteiger partial charge >= 0.3 is 0 Å². The van der Waals surface area contributed by atoms with E-state index in [1.54, 1.807) is 0 Å². The lowest BCUT2D eigenvalue weighted by atomic mass is 10.0. The summed E-state index contributed by atoms with van der Waals surface area (Å²) in [5.41, 5.74) is 3.92. The fraction of sp³-hybridized carbons (Fsp3) is 0.360. The molecule has 2 heterocycles. The van der Waals surface area contributed by atoms with E-state index in [-0.39, 0.29) is 24.0 Å². The van der Waals surface area contributed by atoms with Crippen molar-refractivity contribution >= 4 is 29.9 Å². The number of piperidine rings is 1. The van der Waals surface area contributed by atoms with Crippen LogP contribution in [-0.4, -0.2) is 46.8 Å². The molecule has 0 bridgehead atoms. The molecule has 0 radical (unpaired) electrons. The summed E-state index contributed by atoms with van der Waals surface area (Å²) in [7, 11) is 1.84. The lowest BCUT2D eigenvalue weighted by molar-refractivity contribution is 0.198. The first-order valence-electron chi connectivity index (χ1n) is 11.1. The Morgan fingerprint density at radius 3 is 2.38 bits per heavy atom. The molecule has 170 valence electrons. The number of hydrogen-bond donors (Lipinski definition) is 2. The van der Waals surface area contributed by atoms with E-state index in [1.807, 2.05) is 30.2 Å². The molecule has 0 amide bonds. The van der Waals surface area contributed by atoms with Crippen LogP contribution in [0.25, 0.3) is 0 Å². The first-order chi connectivity index (χ1) is 15.3. The SMILES string of the molecule is CN=C(NCc1ccccc1Cn1cccn1)NC1CCN(Cc2ccccc2)CC1.I. The Hall–Kier alpha value is -2.39. The number of benzene rings is 2. The fourth-order valence-electron chi connectivity index (χ4n) is 4.10. The van der Waals surface area contributed by atoms with E-state index in [0.717, 1.165) is 51.5 Å². The van der Waals surface area contributed by atoms with Gasteiger partial charge in [-0.25, -0.2) is 0 Å². The summed E-state index contributed by atoms with van der Waals surface area (Å²) in [6.45, 7) is 4.76. The second kappa shape index (κ2) is 12.6. The molecule has 4 rings (SSSR count). The highest BCUT2D eigenvalue weighted by atomic mass is 127. The molecular formula is C25H33IN6. The third kappa shape index (κ3) is 7.06. The lowest BCUT2D eigenvalue weighted by Crippen LogP contribution is -2.48. The molecule has 0 unspecified atom stereocenters. The molecule has 3 aromatic rings. The second-order valence-corrected chi connectivity index (χ2v) is 8.08. The van der Waals surface area contributed by atoms with Gasteiger partial charge < -0.3 is 10.6 Å². The molecule has 1 aromatic heterocycles. The predicted octanol–water partition coefficient (Wildman–Crippen LogP) is 3.88. The topological polar surface area (TPSA) is 57.5 Å². The van der Waals surface area contributed by atoms with Gasteiger partial charge in [-0.05, 0) is 35.6 Å². The summed E-state index contributed by atoms with van der Waals surface area (Å²) in [5, 5.41) is 11.4. The van der Waals surface area contributed by atoms with Crippen LogP contribution in [0.5, 0.6) is 0 Å². The maximum atomic E-state index is 4.45. The van der Waals surface area contributed by atoms with Crippen molar-refractivity contribution in [2.75, 3.05) is 20.1 Å². The van der Waals surface area contributed by atoms with Crippen molar-refractivity contribution in [1.82, 2.24) is 25.3 Å². The number of guanidine groups is 1. The standard InChI is InChI=1S/C25H32N6.HI/c1-26-25(27-18-22-10-5-6-11-23(22)20-31-15-7-14-28-31)29-24-12-16-30(17-13-24)19-21-8-3-2-4-9-21;/h2-11,14-15,24H,12-13,16-20H2,1H3,(H2,26,27,29);1H. The zero-order chi connectivity index (χ0) is 21.3. The maximum absolute atomic E-state index is 4.45. The van der Waals surface area contributed by atoms with Crippen molar-refractivity contribution in [3.05, 3.63) is 89.7 Å². The van der Waals surface area contributed by atoms with Gasteiger partial charge in [-0.1, -0.05) is 54.6 Å². The Bertz CT molecular complexity index is 950. The Morgan fingerprint density at radius 2 is 1.69 bits per heavy atom. The first-order valence-corrected chi connectivity index (χ1v) is 11.1. The molecule has 32 heavy (non-hydrogen) atoms. The van der Waals surface area contributed by atoms with Crippen LogP contribution in [0.4, 0.5) is 0 Å². The van der Waals surface area contributed by atoms with Crippen LogP contribution in [-0.2, 0) is 19.6 Å². The van der Waals surface area contributed by atoms with Gasteiger partial charge in [0.25, 0.3) is 0 Å². The van der Waals surface area contributed by atoms with E-state index >= 15 is 0 Å². The van der Waals surface area contributed by atoms with Gasteiger partial charge in [0.05, 0.1) is 6.54 Å². The van der Waals surface area contributed by atoms with E-state index in [9.17, 15) is 0 Å². The molecule has 0 saturated carbocycles. The number of aliphatic imine (C=N–C) groups is 1. The number of likely N-dealkylation sites (tertiary alicyclic amines) is 1.